The molecule has 0 radical (unpaired) electrons. The van der Waals surface area contributed by atoms with Crippen LogP contribution in [0, 0.1) is 18.6 Å². The van der Waals surface area contributed by atoms with E-state index in [9.17, 15) is 17.5 Å². The highest BCUT2D eigenvalue weighted by Crippen LogP contribution is 2.20. The van der Waals surface area contributed by atoms with Crippen LogP contribution in [0.4, 0.5) is 14.5 Å². The van der Waals surface area contributed by atoms with E-state index in [1.165, 1.54) is 6.92 Å². The maximum Gasteiger partial charge on any atom is 0.152 e. The van der Waals surface area contributed by atoms with Crippen LogP contribution in [0.1, 0.15) is 5.56 Å². The summed E-state index contributed by atoms with van der Waals surface area (Å²) in [4.78, 5) is 0. The summed E-state index contributed by atoms with van der Waals surface area (Å²) in [6.07, 6.45) is 0. The first-order valence-corrected chi connectivity index (χ1v) is 4.40. The Bertz CT molecular complexity index is 357. The van der Waals surface area contributed by atoms with Gasteiger partial charge in [-0.25, -0.2) is 8.78 Å². The first-order valence-electron chi connectivity index (χ1n) is 3.33. The second kappa shape index (κ2) is 3.80. The molecule has 1 N–H and O–H groups in total. The van der Waals surface area contributed by atoms with Crippen molar-refractivity contribution < 1.29 is 17.5 Å². The topological polar surface area (TPSA) is 52.2 Å². The number of hydrogen-bond donors (Lipinski definition) is 1. The van der Waals surface area contributed by atoms with E-state index >= 15 is 0 Å². The number of anilines is 1. The van der Waals surface area contributed by atoms with Crippen LogP contribution in [-0.4, -0.2) is 8.76 Å². The van der Waals surface area contributed by atoms with E-state index in [2.05, 4.69) is 0 Å². The lowest BCUT2D eigenvalue weighted by molar-refractivity contribution is 0.540. The minimum atomic E-state index is -2.60. The van der Waals surface area contributed by atoms with Crippen LogP contribution in [0.2, 0.25) is 0 Å². The monoisotopic (exact) mass is 206 g/mol. The van der Waals surface area contributed by atoms with E-state index < -0.39 is 22.9 Å². The van der Waals surface area contributed by atoms with E-state index in [1.807, 2.05) is 4.72 Å². The zero-order chi connectivity index (χ0) is 10.0. The van der Waals surface area contributed by atoms with Gasteiger partial charge in [-0.15, -0.1) is 0 Å². The van der Waals surface area contributed by atoms with Gasteiger partial charge in [-0.2, -0.15) is 0 Å². The van der Waals surface area contributed by atoms with E-state index in [0.29, 0.717) is 0 Å². The van der Waals surface area contributed by atoms with Crippen molar-refractivity contribution in [2.75, 3.05) is 4.72 Å². The summed E-state index contributed by atoms with van der Waals surface area (Å²) in [6, 6.07) is 2.01. The van der Waals surface area contributed by atoms with Crippen LogP contribution >= 0.6 is 0 Å². The van der Waals surface area contributed by atoms with Crippen LogP contribution in [0.25, 0.3) is 0 Å². The Morgan fingerprint density at radius 2 is 2.08 bits per heavy atom. The molecule has 0 aromatic heterocycles. The first-order chi connectivity index (χ1) is 6.02. The van der Waals surface area contributed by atoms with Crippen molar-refractivity contribution in [1.29, 1.82) is 0 Å². The van der Waals surface area contributed by atoms with Crippen molar-refractivity contribution in [2.45, 2.75) is 6.92 Å². The van der Waals surface area contributed by atoms with Gasteiger partial charge in [-0.3, -0.25) is 4.21 Å². The number of halogens is 2. The Hall–Kier alpha value is -1.01. The minimum absolute atomic E-state index is 0.213. The van der Waals surface area contributed by atoms with Crippen molar-refractivity contribution in [3.05, 3.63) is 29.3 Å². The molecule has 0 aliphatic carbocycles. The van der Waals surface area contributed by atoms with Gasteiger partial charge in [0.1, 0.15) is 5.82 Å². The summed E-state index contributed by atoms with van der Waals surface area (Å²) in [7, 11) is 0. The average molecular weight is 206 g/mol. The fourth-order valence-electron chi connectivity index (χ4n) is 0.830. The van der Waals surface area contributed by atoms with Crippen molar-refractivity contribution >= 4 is 17.0 Å². The molecule has 0 spiro atoms. The van der Waals surface area contributed by atoms with Crippen LogP contribution in [0.5, 0.6) is 0 Å². The molecule has 3 nitrogen and oxygen atoms in total. The molecular formula is C7H6F2NO2S-. The molecule has 1 aromatic rings. The fourth-order valence-corrected chi connectivity index (χ4v) is 1.17. The summed E-state index contributed by atoms with van der Waals surface area (Å²) in [5.74, 6) is -1.61. The average Bonchev–Trinajstić information content (AvgIpc) is 2.06. The molecule has 0 bridgehead atoms. The van der Waals surface area contributed by atoms with Gasteiger partial charge in [0.25, 0.3) is 0 Å². The highest BCUT2D eigenvalue weighted by molar-refractivity contribution is 7.80. The highest BCUT2D eigenvalue weighted by atomic mass is 32.2. The molecule has 72 valence electrons. The number of nitrogens with one attached hydrogen (secondary N) is 1. The molecule has 6 heteroatoms. The summed E-state index contributed by atoms with van der Waals surface area (Å²) in [6.45, 7) is 1.23. The molecule has 0 aliphatic heterocycles. The normalized spacial score (nSPS) is 12.6. The second-order valence-electron chi connectivity index (χ2n) is 2.37. The Kier molecular flexibility index (Phi) is 2.94. The van der Waals surface area contributed by atoms with E-state index in [1.54, 1.807) is 0 Å². The minimum Gasteiger partial charge on any atom is -0.755 e. The van der Waals surface area contributed by atoms with Crippen LogP contribution in [0.15, 0.2) is 12.1 Å². The third kappa shape index (κ3) is 2.22. The molecule has 0 amide bonds. The van der Waals surface area contributed by atoms with Gasteiger partial charge >= 0.3 is 0 Å². The lowest BCUT2D eigenvalue weighted by Crippen LogP contribution is -2.05. The number of hydrogen-bond acceptors (Lipinski definition) is 2. The van der Waals surface area contributed by atoms with Gasteiger partial charge in [0.2, 0.25) is 0 Å². The van der Waals surface area contributed by atoms with Gasteiger partial charge in [0.15, 0.2) is 5.82 Å². The standard InChI is InChI=1S/C7H7F2NO2S/c1-4-5(8)2-3-6(7(4)9)10-13(11)12/h2-3,10H,1H3,(H,11,12)/p-1. The third-order valence-corrected chi connectivity index (χ3v) is 1.90. The zero-order valence-corrected chi connectivity index (χ0v) is 7.45. The lowest BCUT2D eigenvalue weighted by Gasteiger charge is -2.10. The van der Waals surface area contributed by atoms with Crippen molar-refractivity contribution in [2.24, 2.45) is 0 Å². The molecule has 1 aromatic carbocycles. The SMILES string of the molecule is Cc1c(F)ccc(NS(=O)[O-])c1F. The Labute approximate surface area is 76.2 Å². The van der Waals surface area contributed by atoms with Gasteiger partial charge < -0.3 is 9.27 Å². The van der Waals surface area contributed by atoms with Crippen molar-refractivity contribution in [3.63, 3.8) is 0 Å². The van der Waals surface area contributed by atoms with Gasteiger partial charge in [-0.1, -0.05) is 0 Å². The Morgan fingerprint density at radius 3 is 2.62 bits per heavy atom. The van der Waals surface area contributed by atoms with Gasteiger partial charge in [0, 0.05) is 16.8 Å². The van der Waals surface area contributed by atoms with E-state index in [4.69, 9.17) is 0 Å². The molecule has 0 fully saturated rings. The van der Waals surface area contributed by atoms with Gasteiger partial charge in [0.05, 0.1) is 5.69 Å². The lowest BCUT2D eigenvalue weighted by atomic mass is 10.2. The maximum atomic E-state index is 13.0. The molecule has 0 saturated heterocycles. The smallest absolute Gasteiger partial charge is 0.152 e. The van der Waals surface area contributed by atoms with Crippen molar-refractivity contribution in [1.82, 2.24) is 0 Å². The summed E-state index contributed by atoms with van der Waals surface area (Å²) in [5, 5.41) is 0. The Morgan fingerprint density at radius 1 is 1.46 bits per heavy atom. The van der Waals surface area contributed by atoms with Crippen LogP contribution in [-0.2, 0) is 11.3 Å². The van der Waals surface area contributed by atoms with E-state index in [-0.39, 0.29) is 11.3 Å². The van der Waals surface area contributed by atoms with E-state index in [0.717, 1.165) is 12.1 Å². The predicted molar refractivity (Wildman–Crippen MR) is 43.6 cm³/mol. The summed E-state index contributed by atoms with van der Waals surface area (Å²) >= 11 is -2.60. The highest BCUT2D eigenvalue weighted by Gasteiger charge is 2.08. The molecular weight excluding hydrogens is 200 g/mol. The summed E-state index contributed by atoms with van der Waals surface area (Å²) in [5.41, 5.74) is -0.470. The number of benzene rings is 1. The molecule has 1 atom stereocenters. The van der Waals surface area contributed by atoms with Crippen molar-refractivity contribution in [3.8, 4) is 0 Å². The molecule has 13 heavy (non-hydrogen) atoms. The Balaban J connectivity index is 3.10. The predicted octanol–water partition coefficient (Wildman–Crippen LogP) is 1.48. The number of rotatable bonds is 2. The molecule has 1 unspecified atom stereocenters. The molecule has 0 heterocycles. The maximum absolute atomic E-state index is 13.0. The largest absolute Gasteiger partial charge is 0.755 e. The van der Waals surface area contributed by atoms with Gasteiger partial charge in [-0.05, 0) is 19.1 Å². The second-order valence-corrected chi connectivity index (χ2v) is 3.04. The molecule has 0 saturated carbocycles. The zero-order valence-electron chi connectivity index (χ0n) is 6.64. The van der Waals surface area contributed by atoms with Crippen LogP contribution in [0.3, 0.4) is 0 Å². The summed E-state index contributed by atoms with van der Waals surface area (Å²) < 4.78 is 47.8. The van der Waals surface area contributed by atoms with Crippen LogP contribution < -0.4 is 4.72 Å². The first kappa shape index (κ1) is 10.1. The molecule has 1 rings (SSSR count). The third-order valence-electron chi connectivity index (χ3n) is 1.51. The quantitative estimate of drug-likeness (QED) is 0.745. The fraction of sp³-hybridized carbons (Fsp3) is 0.143. The molecule has 0 aliphatic rings.